The first-order valence-corrected chi connectivity index (χ1v) is 11.2. The number of aliphatic imine (C=N–C) groups is 1. The number of allylic oxidation sites excluding steroid dienone is 1. The average molecular weight is 435 g/mol. The van der Waals surface area contributed by atoms with Gasteiger partial charge in [0.1, 0.15) is 5.82 Å². The lowest BCUT2D eigenvalue weighted by atomic mass is 9.99. The van der Waals surface area contributed by atoms with Gasteiger partial charge in [0.05, 0.1) is 4.92 Å². The highest BCUT2D eigenvalue weighted by molar-refractivity contribution is 5.74. The third-order valence-corrected chi connectivity index (χ3v) is 5.95. The van der Waals surface area contributed by atoms with Gasteiger partial charge in [-0.2, -0.15) is 0 Å². The van der Waals surface area contributed by atoms with E-state index in [-0.39, 0.29) is 5.69 Å². The summed E-state index contributed by atoms with van der Waals surface area (Å²) in [6, 6.07) is 14.2. The van der Waals surface area contributed by atoms with Crippen LogP contribution in [0, 0.1) is 10.1 Å². The number of likely N-dealkylation sites (tertiary alicyclic amines) is 1. The average Bonchev–Trinajstić information content (AvgIpc) is 2.83. The van der Waals surface area contributed by atoms with Gasteiger partial charge in [-0.25, -0.2) is 4.99 Å². The van der Waals surface area contributed by atoms with Gasteiger partial charge in [-0.05, 0) is 62.2 Å². The third kappa shape index (κ3) is 5.33. The van der Waals surface area contributed by atoms with E-state index >= 15 is 0 Å². The Morgan fingerprint density at radius 1 is 1.12 bits per heavy atom. The van der Waals surface area contributed by atoms with E-state index in [1.807, 2.05) is 36.4 Å². The molecular formula is C24H30N6O2. The fourth-order valence-corrected chi connectivity index (χ4v) is 4.20. The zero-order valence-electron chi connectivity index (χ0n) is 18.2. The number of rotatable bonds is 8. The van der Waals surface area contributed by atoms with E-state index in [9.17, 15) is 10.1 Å². The van der Waals surface area contributed by atoms with Crippen molar-refractivity contribution in [2.24, 2.45) is 10.7 Å². The maximum Gasteiger partial charge on any atom is 0.270 e. The van der Waals surface area contributed by atoms with Crippen LogP contribution in [0.2, 0.25) is 0 Å². The summed E-state index contributed by atoms with van der Waals surface area (Å²) in [6.07, 6.45) is 8.63. The van der Waals surface area contributed by atoms with Crippen molar-refractivity contribution < 1.29 is 4.92 Å². The van der Waals surface area contributed by atoms with Gasteiger partial charge in [0.25, 0.3) is 5.69 Å². The van der Waals surface area contributed by atoms with Crippen LogP contribution < -0.4 is 16.4 Å². The van der Waals surface area contributed by atoms with Crippen molar-refractivity contribution in [1.82, 2.24) is 15.5 Å². The quantitative estimate of drug-likeness (QED) is 0.334. The number of nitrogens with two attached hydrogens (primary N) is 1. The van der Waals surface area contributed by atoms with Gasteiger partial charge in [-0.15, -0.1) is 0 Å². The number of piperidine rings is 1. The first-order valence-electron chi connectivity index (χ1n) is 11.2. The van der Waals surface area contributed by atoms with Gasteiger partial charge in [-0.1, -0.05) is 36.8 Å². The van der Waals surface area contributed by atoms with E-state index < -0.39 is 10.7 Å². The number of nitrogens with one attached hydrogen (secondary N) is 2. The number of nitro benzene ring substituents is 1. The third-order valence-electron chi connectivity index (χ3n) is 5.95. The minimum absolute atomic E-state index is 0.0585. The fraction of sp³-hybridized carbons (Fsp3) is 0.375. The van der Waals surface area contributed by atoms with Crippen molar-refractivity contribution in [2.75, 3.05) is 26.2 Å². The second-order valence-corrected chi connectivity index (χ2v) is 8.32. The van der Waals surface area contributed by atoms with Crippen LogP contribution in [0.5, 0.6) is 0 Å². The van der Waals surface area contributed by atoms with Gasteiger partial charge in [0.15, 0.2) is 0 Å². The molecular weight excluding hydrogens is 404 g/mol. The Kier molecular flexibility index (Phi) is 6.82. The van der Waals surface area contributed by atoms with Crippen LogP contribution in [-0.2, 0) is 5.79 Å². The summed E-state index contributed by atoms with van der Waals surface area (Å²) in [6.45, 7) is 4.38. The molecule has 2 heterocycles. The second kappa shape index (κ2) is 9.93. The number of hydrogen-bond acceptors (Lipinski definition) is 7. The van der Waals surface area contributed by atoms with Crippen molar-refractivity contribution in [3.63, 3.8) is 0 Å². The second-order valence-electron chi connectivity index (χ2n) is 8.32. The predicted molar refractivity (Wildman–Crippen MR) is 127 cm³/mol. The highest BCUT2D eigenvalue weighted by Crippen LogP contribution is 2.28. The lowest BCUT2D eigenvalue weighted by molar-refractivity contribution is -0.384. The van der Waals surface area contributed by atoms with Gasteiger partial charge in [0.2, 0.25) is 5.79 Å². The molecule has 1 fully saturated rings. The van der Waals surface area contributed by atoms with Crippen LogP contribution in [0.3, 0.4) is 0 Å². The summed E-state index contributed by atoms with van der Waals surface area (Å²) >= 11 is 0. The van der Waals surface area contributed by atoms with E-state index in [2.05, 4.69) is 20.5 Å². The number of nitro groups is 1. The van der Waals surface area contributed by atoms with Crippen molar-refractivity contribution in [3.8, 4) is 11.1 Å². The molecule has 0 spiro atoms. The molecule has 0 aromatic heterocycles. The normalized spacial score (nSPS) is 21.0. The zero-order valence-corrected chi connectivity index (χ0v) is 18.2. The van der Waals surface area contributed by atoms with Crippen molar-refractivity contribution in [1.29, 1.82) is 0 Å². The molecule has 4 N–H and O–H groups in total. The van der Waals surface area contributed by atoms with E-state index in [0.29, 0.717) is 0 Å². The van der Waals surface area contributed by atoms with Gasteiger partial charge >= 0.3 is 0 Å². The Balaban J connectivity index is 1.39. The SMILES string of the molecule is NC1(c2cccc(-c3cccc([N+](=O)[O-])c3)c2)N=CC=C(NCCCN2CCCCC2)N1. The molecule has 8 heteroatoms. The summed E-state index contributed by atoms with van der Waals surface area (Å²) in [4.78, 5) is 17.7. The van der Waals surface area contributed by atoms with Crippen molar-refractivity contribution >= 4 is 11.9 Å². The molecule has 0 bridgehead atoms. The Bertz CT molecular complexity index is 1020. The van der Waals surface area contributed by atoms with Gasteiger partial charge in [0, 0.05) is 30.5 Å². The summed E-state index contributed by atoms with van der Waals surface area (Å²) in [5.74, 6) is -0.275. The predicted octanol–water partition coefficient (Wildman–Crippen LogP) is 3.31. The molecule has 0 radical (unpaired) electrons. The number of nitrogens with zero attached hydrogens (tertiary/aromatic N) is 3. The summed E-state index contributed by atoms with van der Waals surface area (Å²) in [5.41, 5.74) is 9.05. The van der Waals surface area contributed by atoms with Crippen LogP contribution in [-0.4, -0.2) is 42.2 Å². The topological polar surface area (TPSA) is 109 Å². The van der Waals surface area contributed by atoms with Crippen LogP contribution in [0.25, 0.3) is 11.1 Å². The standard InChI is InChI=1S/C24H30N6O2/c25-24(21-9-4-7-19(17-21)20-8-5-10-22(18-20)30(31)32)27-13-11-23(28-24)26-12-6-16-29-14-2-1-3-15-29/h4-5,7-11,13,17-18,26,28H,1-3,6,12,14-16,25H2. The summed E-state index contributed by atoms with van der Waals surface area (Å²) in [5, 5.41) is 17.9. The van der Waals surface area contributed by atoms with Crippen LogP contribution in [0.1, 0.15) is 31.2 Å². The minimum atomic E-state index is -1.11. The van der Waals surface area contributed by atoms with Gasteiger partial charge < -0.3 is 15.5 Å². The molecule has 1 unspecified atom stereocenters. The Morgan fingerprint density at radius 3 is 2.66 bits per heavy atom. The van der Waals surface area contributed by atoms with E-state index in [0.717, 1.165) is 42.0 Å². The lowest BCUT2D eigenvalue weighted by Gasteiger charge is -2.32. The number of non-ortho nitro benzene ring substituents is 1. The molecule has 0 aliphatic carbocycles. The van der Waals surface area contributed by atoms with Crippen LogP contribution >= 0.6 is 0 Å². The smallest absolute Gasteiger partial charge is 0.270 e. The highest BCUT2D eigenvalue weighted by Gasteiger charge is 2.29. The fourth-order valence-electron chi connectivity index (χ4n) is 4.20. The maximum atomic E-state index is 11.1. The Hall–Kier alpha value is -3.23. The highest BCUT2D eigenvalue weighted by atomic mass is 16.6. The number of benzene rings is 2. The van der Waals surface area contributed by atoms with Gasteiger partial charge in [-0.3, -0.25) is 15.8 Å². The van der Waals surface area contributed by atoms with Crippen LogP contribution in [0.4, 0.5) is 5.69 Å². The summed E-state index contributed by atoms with van der Waals surface area (Å²) < 4.78 is 0. The molecule has 4 rings (SSSR count). The Labute approximate surface area is 188 Å². The van der Waals surface area contributed by atoms with Crippen molar-refractivity contribution in [3.05, 3.63) is 76.1 Å². The zero-order chi connectivity index (χ0) is 22.4. The maximum absolute atomic E-state index is 11.1. The van der Waals surface area contributed by atoms with E-state index in [1.54, 1.807) is 18.3 Å². The molecule has 8 nitrogen and oxygen atoms in total. The van der Waals surface area contributed by atoms with E-state index in [4.69, 9.17) is 5.73 Å². The molecule has 1 saturated heterocycles. The first-order chi connectivity index (χ1) is 15.5. The van der Waals surface area contributed by atoms with E-state index in [1.165, 1.54) is 38.4 Å². The largest absolute Gasteiger partial charge is 0.372 e. The molecule has 2 aliphatic rings. The molecule has 2 aromatic rings. The molecule has 0 amide bonds. The molecule has 0 saturated carbocycles. The van der Waals surface area contributed by atoms with Crippen LogP contribution in [0.15, 0.2) is 65.4 Å². The number of hydrogen-bond donors (Lipinski definition) is 3. The molecule has 1 atom stereocenters. The molecule has 168 valence electrons. The Morgan fingerprint density at radius 2 is 1.88 bits per heavy atom. The van der Waals surface area contributed by atoms with Crippen molar-refractivity contribution in [2.45, 2.75) is 31.5 Å². The minimum Gasteiger partial charge on any atom is -0.372 e. The lowest BCUT2D eigenvalue weighted by Crippen LogP contribution is -2.52. The molecule has 32 heavy (non-hydrogen) atoms. The molecule has 2 aliphatic heterocycles. The monoisotopic (exact) mass is 434 g/mol. The first kappa shape index (κ1) is 22.0. The molecule has 2 aromatic carbocycles. The summed E-state index contributed by atoms with van der Waals surface area (Å²) in [7, 11) is 0.